The van der Waals surface area contributed by atoms with E-state index in [-0.39, 0.29) is 6.04 Å². The minimum absolute atomic E-state index is 0.335. The molecule has 0 bridgehead atoms. The van der Waals surface area contributed by atoms with Gasteiger partial charge in [0.05, 0.1) is 18.2 Å². The quantitative estimate of drug-likeness (QED) is 0.594. The fourth-order valence-electron chi connectivity index (χ4n) is 4.95. The molecule has 0 saturated carbocycles. The molecule has 1 atom stereocenters. The zero-order chi connectivity index (χ0) is 23.0. The zero-order valence-corrected chi connectivity index (χ0v) is 19.1. The molecule has 3 aromatic rings. The molecule has 6 heteroatoms. The molecule has 0 radical (unpaired) electrons. The number of nitrogens with zero attached hydrogens (tertiary/aromatic N) is 3. The molecule has 0 aliphatic carbocycles. The van der Waals surface area contributed by atoms with Gasteiger partial charge in [-0.05, 0) is 55.5 Å². The number of benzene rings is 2. The van der Waals surface area contributed by atoms with E-state index in [1.807, 2.05) is 30.4 Å². The maximum absolute atomic E-state index is 11.8. The van der Waals surface area contributed by atoms with Gasteiger partial charge >= 0.3 is 6.09 Å². The van der Waals surface area contributed by atoms with Crippen molar-refractivity contribution in [3.8, 4) is 0 Å². The van der Waals surface area contributed by atoms with Crippen LogP contribution in [0.15, 0.2) is 60.7 Å². The van der Waals surface area contributed by atoms with E-state index in [0.29, 0.717) is 6.61 Å². The number of carbonyl (C=O) groups is 1. The molecule has 1 fully saturated rings. The highest BCUT2D eigenvalue weighted by Crippen LogP contribution is 2.31. The van der Waals surface area contributed by atoms with Crippen molar-refractivity contribution in [3.05, 3.63) is 77.4 Å². The lowest BCUT2D eigenvalue weighted by atomic mass is 10.0. The molecule has 5 rings (SSSR count). The van der Waals surface area contributed by atoms with E-state index in [0.717, 1.165) is 48.2 Å². The summed E-state index contributed by atoms with van der Waals surface area (Å²) in [5, 5.41) is 10.8. The van der Waals surface area contributed by atoms with Crippen LogP contribution in [0.1, 0.15) is 37.0 Å². The maximum atomic E-state index is 11.8. The number of carboxylic acid groups (broad SMARTS) is 1. The van der Waals surface area contributed by atoms with Crippen LogP contribution in [0.2, 0.25) is 0 Å². The zero-order valence-electron chi connectivity index (χ0n) is 19.1. The van der Waals surface area contributed by atoms with Crippen LogP contribution in [-0.2, 0) is 17.7 Å². The highest BCUT2D eigenvalue weighted by atomic mass is 16.5. The van der Waals surface area contributed by atoms with Gasteiger partial charge < -0.3 is 14.7 Å². The Morgan fingerprint density at radius 2 is 1.91 bits per heavy atom. The molecule has 0 spiro atoms. The number of para-hydroxylation sites is 1. The number of hydrogen-bond acceptors (Lipinski definition) is 4. The largest absolute Gasteiger partial charge is 0.465 e. The van der Waals surface area contributed by atoms with Crippen LogP contribution in [0.3, 0.4) is 0 Å². The third kappa shape index (κ3) is 4.18. The van der Waals surface area contributed by atoms with Crippen molar-refractivity contribution >= 4 is 28.9 Å². The Morgan fingerprint density at radius 1 is 1.15 bits per heavy atom. The molecule has 0 unspecified atom stereocenters. The number of aryl methyl sites for hydroxylation is 1. The van der Waals surface area contributed by atoms with Crippen LogP contribution in [0.4, 0.5) is 10.6 Å². The van der Waals surface area contributed by atoms with Crippen molar-refractivity contribution in [1.29, 1.82) is 0 Å². The second-order valence-electron chi connectivity index (χ2n) is 9.22. The Hall–Kier alpha value is -3.38. The molecule has 1 aromatic heterocycles. The lowest BCUT2D eigenvalue weighted by Gasteiger charge is -2.29. The van der Waals surface area contributed by atoms with Crippen molar-refractivity contribution < 1.29 is 14.6 Å². The maximum Gasteiger partial charge on any atom is 0.410 e. The topological polar surface area (TPSA) is 65.9 Å². The van der Waals surface area contributed by atoms with Gasteiger partial charge in [0.1, 0.15) is 11.5 Å². The highest BCUT2D eigenvalue weighted by Gasteiger charge is 2.42. The van der Waals surface area contributed by atoms with Crippen LogP contribution in [-0.4, -0.2) is 46.0 Å². The van der Waals surface area contributed by atoms with E-state index in [1.54, 1.807) is 13.8 Å². The number of fused-ring (bicyclic) bond motifs is 2. The standard InChI is InChI=1S/C27H29N3O3/c1-27(2)30(26(31)32)22(18-33-27)14-13-20-16-25(28-24-12-6-5-11-23(20)24)29-15-7-10-19-8-3-4-9-21(19)17-29/h3-6,8-9,11-14,16,22H,7,10,15,17-18H2,1-2H3,(H,31,32)/t22-/m0/s1. The fraction of sp³-hybridized carbons (Fsp3) is 0.333. The summed E-state index contributed by atoms with van der Waals surface area (Å²) >= 11 is 0. The Kier molecular flexibility index (Phi) is 5.54. The first-order valence-electron chi connectivity index (χ1n) is 11.5. The van der Waals surface area contributed by atoms with Gasteiger partial charge in [0, 0.05) is 18.5 Å². The van der Waals surface area contributed by atoms with Gasteiger partial charge in [0.15, 0.2) is 0 Å². The lowest BCUT2D eigenvalue weighted by molar-refractivity contribution is -0.0409. The van der Waals surface area contributed by atoms with Gasteiger partial charge in [0.2, 0.25) is 0 Å². The van der Waals surface area contributed by atoms with Crippen molar-refractivity contribution in [3.63, 3.8) is 0 Å². The molecule has 6 nitrogen and oxygen atoms in total. The molecule has 1 saturated heterocycles. The minimum atomic E-state index is -0.976. The molecule has 170 valence electrons. The van der Waals surface area contributed by atoms with Gasteiger partial charge in [-0.25, -0.2) is 9.78 Å². The first-order chi connectivity index (χ1) is 15.9. The molecule has 2 aliphatic rings. The van der Waals surface area contributed by atoms with E-state index in [2.05, 4.69) is 41.3 Å². The predicted octanol–water partition coefficient (Wildman–Crippen LogP) is 5.32. The number of aromatic nitrogens is 1. The van der Waals surface area contributed by atoms with Crippen LogP contribution < -0.4 is 4.90 Å². The van der Waals surface area contributed by atoms with E-state index in [9.17, 15) is 9.90 Å². The highest BCUT2D eigenvalue weighted by molar-refractivity contribution is 5.89. The molecule has 1 N–H and O–H groups in total. The first-order valence-corrected chi connectivity index (χ1v) is 11.5. The van der Waals surface area contributed by atoms with E-state index < -0.39 is 11.8 Å². The van der Waals surface area contributed by atoms with Crippen molar-refractivity contribution in [2.75, 3.05) is 18.1 Å². The van der Waals surface area contributed by atoms with Crippen LogP contribution in [0.25, 0.3) is 17.0 Å². The summed E-state index contributed by atoms with van der Waals surface area (Å²) in [6.45, 7) is 5.69. The van der Waals surface area contributed by atoms with Gasteiger partial charge in [0.25, 0.3) is 0 Å². The van der Waals surface area contributed by atoms with E-state index >= 15 is 0 Å². The van der Waals surface area contributed by atoms with Gasteiger partial charge in [-0.1, -0.05) is 54.6 Å². The third-order valence-corrected chi connectivity index (χ3v) is 6.64. The summed E-state index contributed by atoms with van der Waals surface area (Å²) in [5.74, 6) is 0.947. The Bertz CT molecular complexity index is 1220. The molecular formula is C27H29N3O3. The summed E-state index contributed by atoms with van der Waals surface area (Å²) in [6, 6.07) is 18.5. The number of amides is 1. The van der Waals surface area contributed by atoms with Crippen molar-refractivity contribution in [1.82, 2.24) is 9.88 Å². The molecule has 2 aliphatic heterocycles. The third-order valence-electron chi connectivity index (χ3n) is 6.64. The average Bonchev–Trinajstić information content (AvgIpc) is 2.97. The van der Waals surface area contributed by atoms with Crippen LogP contribution in [0, 0.1) is 0 Å². The normalized spacial score (nSPS) is 20.2. The first kappa shape index (κ1) is 21.5. The van der Waals surface area contributed by atoms with Crippen LogP contribution >= 0.6 is 0 Å². The smallest absolute Gasteiger partial charge is 0.410 e. The molecular weight excluding hydrogens is 414 g/mol. The minimum Gasteiger partial charge on any atom is -0.465 e. The number of hydrogen-bond donors (Lipinski definition) is 1. The SMILES string of the molecule is CC1(C)OC[C@H](C=Cc2cc(N3CCCc4ccccc4C3)nc3ccccc23)N1C(=O)O. The fourth-order valence-corrected chi connectivity index (χ4v) is 4.95. The van der Waals surface area contributed by atoms with Crippen LogP contribution in [0.5, 0.6) is 0 Å². The summed E-state index contributed by atoms with van der Waals surface area (Å²) in [5.41, 5.74) is 3.89. The Morgan fingerprint density at radius 3 is 2.73 bits per heavy atom. The summed E-state index contributed by atoms with van der Waals surface area (Å²) in [6.07, 6.45) is 5.14. The van der Waals surface area contributed by atoms with E-state index in [1.165, 1.54) is 16.0 Å². The van der Waals surface area contributed by atoms with Gasteiger partial charge in [-0.15, -0.1) is 0 Å². The summed E-state index contributed by atoms with van der Waals surface area (Å²) in [7, 11) is 0. The number of rotatable bonds is 3. The monoisotopic (exact) mass is 443 g/mol. The molecule has 3 heterocycles. The van der Waals surface area contributed by atoms with Gasteiger partial charge in [-0.3, -0.25) is 4.90 Å². The molecule has 33 heavy (non-hydrogen) atoms. The molecule has 2 aromatic carbocycles. The second kappa shape index (κ2) is 8.52. The Labute approximate surface area is 194 Å². The second-order valence-corrected chi connectivity index (χ2v) is 9.22. The number of ether oxygens (including phenoxy) is 1. The summed E-state index contributed by atoms with van der Waals surface area (Å²) < 4.78 is 5.74. The Balaban J connectivity index is 1.51. The lowest BCUT2D eigenvalue weighted by Crippen LogP contribution is -2.46. The molecule has 1 amide bonds. The predicted molar refractivity (Wildman–Crippen MR) is 130 cm³/mol. The van der Waals surface area contributed by atoms with Crippen molar-refractivity contribution in [2.45, 2.75) is 45.0 Å². The number of anilines is 1. The number of pyridine rings is 1. The van der Waals surface area contributed by atoms with Gasteiger partial charge in [-0.2, -0.15) is 0 Å². The van der Waals surface area contributed by atoms with Crippen molar-refractivity contribution in [2.24, 2.45) is 0 Å². The average molecular weight is 444 g/mol. The van der Waals surface area contributed by atoms with E-state index in [4.69, 9.17) is 9.72 Å². The summed E-state index contributed by atoms with van der Waals surface area (Å²) in [4.78, 5) is 20.5.